The van der Waals surface area contributed by atoms with Crippen LogP contribution in [0.15, 0.2) is 30.3 Å². The van der Waals surface area contributed by atoms with Crippen molar-refractivity contribution < 1.29 is 23.1 Å². The Morgan fingerprint density at radius 3 is 2.57 bits per heavy atom. The highest BCUT2D eigenvalue weighted by molar-refractivity contribution is 7.88. The molecule has 2 rings (SSSR count). The Kier molecular flexibility index (Phi) is 4.97. The lowest BCUT2D eigenvalue weighted by molar-refractivity contribution is -0.142. The third-order valence-corrected chi connectivity index (χ3v) is 5.54. The highest BCUT2D eigenvalue weighted by atomic mass is 32.2. The van der Waals surface area contributed by atoms with Crippen LogP contribution in [0.1, 0.15) is 12.5 Å². The number of carboxylic acids is 1. The van der Waals surface area contributed by atoms with Crippen LogP contribution in [0, 0.1) is 5.92 Å². The largest absolute Gasteiger partial charge is 0.481 e. The van der Waals surface area contributed by atoms with Gasteiger partial charge in [0.05, 0.1) is 30.9 Å². The third-order valence-electron chi connectivity index (χ3n) is 3.60. The van der Waals surface area contributed by atoms with Crippen LogP contribution >= 0.6 is 0 Å². The number of hydrogen-bond donors (Lipinski definition) is 1. The Morgan fingerprint density at radius 2 is 2.00 bits per heavy atom. The molecule has 0 bridgehead atoms. The van der Waals surface area contributed by atoms with Crippen LogP contribution in [-0.2, 0) is 25.3 Å². The number of likely N-dealkylation sites (N-methyl/N-ethyl adjacent to an activating group) is 1. The predicted octanol–water partition coefficient (Wildman–Crippen LogP) is 0.938. The molecule has 1 saturated heterocycles. The molecule has 7 heteroatoms. The van der Waals surface area contributed by atoms with Gasteiger partial charge in [-0.3, -0.25) is 4.79 Å². The SMILES string of the molecule is CCN(C1COCC1C(=O)O)S(=O)(=O)Cc1ccccc1. The molecule has 0 spiro atoms. The number of sulfonamides is 1. The topological polar surface area (TPSA) is 83.9 Å². The van der Waals surface area contributed by atoms with Crippen molar-refractivity contribution in [3.63, 3.8) is 0 Å². The van der Waals surface area contributed by atoms with Crippen molar-refractivity contribution >= 4 is 16.0 Å². The van der Waals surface area contributed by atoms with E-state index in [1.807, 2.05) is 6.07 Å². The molecule has 0 aromatic heterocycles. The van der Waals surface area contributed by atoms with Crippen molar-refractivity contribution in [1.29, 1.82) is 0 Å². The van der Waals surface area contributed by atoms with Gasteiger partial charge >= 0.3 is 5.97 Å². The fourth-order valence-electron chi connectivity index (χ4n) is 2.57. The van der Waals surface area contributed by atoms with E-state index in [0.29, 0.717) is 5.56 Å². The maximum absolute atomic E-state index is 12.6. The van der Waals surface area contributed by atoms with E-state index in [0.717, 1.165) is 0 Å². The van der Waals surface area contributed by atoms with Crippen LogP contribution in [0.3, 0.4) is 0 Å². The van der Waals surface area contributed by atoms with Crippen molar-refractivity contribution in [1.82, 2.24) is 4.31 Å². The molecule has 1 aromatic rings. The van der Waals surface area contributed by atoms with Crippen molar-refractivity contribution in [2.45, 2.75) is 18.7 Å². The van der Waals surface area contributed by atoms with Gasteiger partial charge in [0.1, 0.15) is 0 Å². The number of carboxylic acid groups (broad SMARTS) is 1. The van der Waals surface area contributed by atoms with Crippen molar-refractivity contribution in [3.8, 4) is 0 Å². The zero-order valence-corrected chi connectivity index (χ0v) is 12.6. The molecule has 21 heavy (non-hydrogen) atoms. The van der Waals surface area contributed by atoms with E-state index in [1.165, 1.54) is 4.31 Å². The number of benzene rings is 1. The number of hydrogen-bond acceptors (Lipinski definition) is 4. The van der Waals surface area contributed by atoms with Crippen LogP contribution in [-0.4, -0.2) is 49.6 Å². The van der Waals surface area contributed by atoms with Gasteiger partial charge in [-0.1, -0.05) is 37.3 Å². The Labute approximate surface area is 124 Å². The molecular formula is C14H19NO5S. The maximum Gasteiger partial charge on any atom is 0.310 e. The molecule has 1 aliphatic heterocycles. The second kappa shape index (κ2) is 6.55. The zero-order chi connectivity index (χ0) is 15.5. The minimum absolute atomic E-state index is 0.0529. The second-order valence-electron chi connectivity index (χ2n) is 4.99. The van der Waals surface area contributed by atoms with Gasteiger partial charge in [-0.2, -0.15) is 4.31 Å². The van der Waals surface area contributed by atoms with Crippen LogP contribution in [0.25, 0.3) is 0 Å². The summed E-state index contributed by atoms with van der Waals surface area (Å²) < 4.78 is 31.6. The summed E-state index contributed by atoms with van der Waals surface area (Å²) in [5.41, 5.74) is 0.682. The van der Waals surface area contributed by atoms with Gasteiger partial charge in [0.15, 0.2) is 0 Å². The van der Waals surface area contributed by atoms with Gasteiger partial charge in [-0.15, -0.1) is 0 Å². The zero-order valence-electron chi connectivity index (χ0n) is 11.8. The average Bonchev–Trinajstić information content (AvgIpc) is 2.89. The van der Waals surface area contributed by atoms with Gasteiger partial charge in [-0.05, 0) is 5.56 Å². The van der Waals surface area contributed by atoms with Crippen molar-refractivity contribution in [2.75, 3.05) is 19.8 Å². The van der Waals surface area contributed by atoms with E-state index >= 15 is 0 Å². The molecule has 2 unspecified atom stereocenters. The van der Waals surface area contributed by atoms with Gasteiger partial charge in [0, 0.05) is 6.54 Å². The minimum Gasteiger partial charge on any atom is -0.481 e. The molecular weight excluding hydrogens is 294 g/mol. The molecule has 1 fully saturated rings. The number of aliphatic carboxylic acids is 1. The van der Waals surface area contributed by atoms with E-state index in [1.54, 1.807) is 31.2 Å². The molecule has 1 N–H and O–H groups in total. The highest BCUT2D eigenvalue weighted by Gasteiger charge is 2.41. The first-order valence-corrected chi connectivity index (χ1v) is 8.40. The van der Waals surface area contributed by atoms with Crippen LogP contribution in [0.5, 0.6) is 0 Å². The van der Waals surface area contributed by atoms with Gasteiger partial charge in [0.25, 0.3) is 0 Å². The molecule has 0 saturated carbocycles. The fraction of sp³-hybridized carbons (Fsp3) is 0.500. The Hall–Kier alpha value is -1.44. The monoisotopic (exact) mass is 313 g/mol. The third kappa shape index (κ3) is 3.61. The minimum atomic E-state index is -3.59. The molecule has 6 nitrogen and oxygen atoms in total. The number of carbonyl (C=O) groups is 1. The number of rotatable bonds is 6. The molecule has 0 amide bonds. The molecule has 0 aliphatic carbocycles. The molecule has 116 valence electrons. The summed E-state index contributed by atoms with van der Waals surface area (Å²) in [4.78, 5) is 11.2. The Balaban J connectivity index is 2.21. The molecule has 2 atom stereocenters. The summed E-state index contributed by atoms with van der Waals surface area (Å²) in [7, 11) is -3.59. The second-order valence-corrected chi connectivity index (χ2v) is 6.92. The molecule has 0 radical (unpaired) electrons. The first-order chi connectivity index (χ1) is 9.95. The standard InChI is InChI=1S/C14H19NO5S/c1-2-15(13-9-20-8-12(13)14(16)17)21(18,19)10-11-6-4-3-5-7-11/h3-7,12-13H,2,8-10H2,1H3,(H,16,17). The Morgan fingerprint density at radius 1 is 1.33 bits per heavy atom. The molecule has 1 aromatic carbocycles. The Bertz CT molecular complexity index is 587. The van der Waals surface area contributed by atoms with Crippen LogP contribution < -0.4 is 0 Å². The highest BCUT2D eigenvalue weighted by Crippen LogP contribution is 2.24. The predicted molar refractivity (Wildman–Crippen MR) is 77.2 cm³/mol. The number of ether oxygens (including phenoxy) is 1. The van der Waals surface area contributed by atoms with E-state index < -0.39 is 28.0 Å². The average molecular weight is 313 g/mol. The summed E-state index contributed by atoms with van der Waals surface area (Å²) in [6.07, 6.45) is 0. The number of nitrogens with zero attached hydrogens (tertiary/aromatic N) is 1. The van der Waals surface area contributed by atoms with E-state index in [9.17, 15) is 18.3 Å². The van der Waals surface area contributed by atoms with Gasteiger partial charge in [0.2, 0.25) is 10.0 Å². The summed E-state index contributed by atoms with van der Waals surface area (Å²) in [6, 6.07) is 8.22. The summed E-state index contributed by atoms with van der Waals surface area (Å²) in [6.45, 7) is 2.11. The lowest BCUT2D eigenvalue weighted by Crippen LogP contribution is -2.46. The first kappa shape index (κ1) is 15.9. The first-order valence-electron chi connectivity index (χ1n) is 6.79. The maximum atomic E-state index is 12.6. The lowest BCUT2D eigenvalue weighted by atomic mass is 10.0. The summed E-state index contributed by atoms with van der Waals surface area (Å²) >= 11 is 0. The quantitative estimate of drug-likeness (QED) is 0.845. The fourth-order valence-corrected chi connectivity index (χ4v) is 4.36. The lowest BCUT2D eigenvalue weighted by Gasteiger charge is -2.28. The molecule has 1 heterocycles. The summed E-state index contributed by atoms with van der Waals surface area (Å²) in [5.74, 6) is -1.97. The van der Waals surface area contributed by atoms with E-state index in [4.69, 9.17) is 4.74 Å². The van der Waals surface area contributed by atoms with Gasteiger partial charge in [-0.25, -0.2) is 8.42 Å². The normalized spacial score (nSPS) is 22.6. The molecule has 1 aliphatic rings. The van der Waals surface area contributed by atoms with E-state index in [2.05, 4.69) is 0 Å². The van der Waals surface area contributed by atoms with Crippen molar-refractivity contribution in [2.24, 2.45) is 5.92 Å². The van der Waals surface area contributed by atoms with Crippen molar-refractivity contribution in [3.05, 3.63) is 35.9 Å². The smallest absolute Gasteiger partial charge is 0.310 e. The summed E-state index contributed by atoms with van der Waals surface area (Å²) in [5, 5.41) is 9.18. The van der Waals surface area contributed by atoms with Crippen LogP contribution in [0.4, 0.5) is 0 Å². The van der Waals surface area contributed by atoms with E-state index in [-0.39, 0.29) is 25.5 Å². The van der Waals surface area contributed by atoms with Crippen LogP contribution in [0.2, 0.25) is 0 Å². The van der Waals surface area contributed by atoms with Gasteiger partial charge < -0.3 is 9.84 Å².